The molecule has 2 nitrogen and oxygen atoms in total. The summed E-state index contributed by atoms with van der Waals surface area (Å²) in [5.41, 5.74) is -1.06. The minimum atomic E-state index is -1.06. The Kier molecular flexibility index (Phi) is 5.89. The van der Waals surface area contributed by atoms with Crippen molar-refractivity contribution in [2.24, 2.45) is 0 Å². The predicted octanol–water partition coefficient (Wildman–Crippen LogP) is 4.75. The fourth-order valence-corrected chi connectivity index (χ4v) is 3.43. The molecule has 0 aliphatic heterocycles. The van der Waals surface area contributed by atoms with Gasteiger partial charge < -0.3 is 5.11 Å². The van der Waals surface area contributed by atoms with Crippen molar-refractivity contribution in [3.63, 3.8) is 0 Å². The van der Waals surface area contributed by atoms with Crippen LogP contribution in [0.25, 0.3) is 0 Å². The highest BCUT2D eigenvalue weighted by Crippen LogP contribution is 2.35. The van der Waals surface area contributed by atoms with E-state index < -0.39 is 5.60 Å². The highest BCUT2D eigenvalue weighted by atomic mass is 32.2. The molecule has 2 aromatic rings. The summed E-state index contributed by atoms with van der Waals surface area (Å²) in [6.07, 6.45) is 1.52. The van der Waals surface area contributed by atoms with Gasteiger partial charge in [0, 0.05) is 20.8 Å². The van der Waals surface area contributed by atoms with E-state index in [1.807, 2.05) is 60.7 Å². The third-order valence-corrected chi connectivity index (χ3v) is 4.96. The van der Waals surface area contributed by atoms with Gasteiger partial charge in [0.05, 0.1) is 5.60 Å². The number of rotatable bonds is 5. The Morgan fingerprint density at radius 3 is 1.82 bits per heavy atom. The smallest absolute Gasteiger partial charge is 0.217 e. The molecule has 0 unspecified atom stereocenters. The maximum Gasteiger partial charge on any atom is 0.217 e. The molecule has 0 bridgehead atoms. The van der Waals surface area contributed by atoms with Crippen LogP contribution in [0.4, 0.5) is 0 Å². The van der Waals surface area contributed by atoms with Crippen molar-refractivity contribution in [1.82, 2.24) is 0 Å². The second-order valence-electron chi connectivity index (χ2n) is 5.22. The summed E-state index contributed by atoms with van der Waals surface area (Å²) in [6, 6.07) is 19.2. The number of thioether (sulfide) groups is 2. The summed E-state index contributed by atoms with van der Waals surface area (Å²) < 4.78 is 0. The number of hydrogen-bond donors (Lipinski definition) is 1. The van der Waals surface area contributed by atoms with Crippen molar-refractivity contribution < 1.29 is 9.90 Å². The molecular weight excluding hydrogens is 312 g/mol. The van der Waals surface area contributed by atoms with Crippen LogP contribution in [0.1, 0.15) is 13.8 Å². The Labute approximate surface area is 139 Å². The zero-order valence-electron chi connectivity index (χ0n) is 12.5. The van der Waals surface area contributed by atoms with E-state index in [1.165, 1.54) is 17.8 Å². The van der Waals surface area contributed by atoms with Gasteiger partial charge in [-0.3, -0.25) is 4.79 Å². The van der Waals surface area contributed by atoms with Crippen LogP contribution < -0.4 is 0 Å². The Morgan fingerprint density at radius 2 is 1.36 bits per heavy atom. The van der Waals surface area contributed by atoms with Gasteiger partial charge in [0.2, 0.25) is 5.12 Å². The van der Waals surface area contributed by atoms with Crippen molar-refractivity contribution in [3.8, 4) is 0 Å². The zero-order chi connectivity index (χ0) is 16.0. The summed E-state index contributed by atoms with van der Waals surface area (Å²) in [5.74, 6) is 0. The van der Waals surface area contributed by atoms with Crippen molar-refractivity contribution in [2.75, 3.05) is 0 Å². The molecule has 0 radical (unpaired) electrons. The number of aliphatic hydroxyl groups is 1. The maximum atomic E-state index is 12.2. The monoisotopic (exact) mass is 330 g/mol. The Bertz CT molecular complexity index is 644. The first kappa shape index (κ1) is 16.9. The highest BCUT2D eigenvalue weighted by Gasteiger charge is 2.22. The molecule has 0 atom stereocenters. The van der Waals surface area contributed by atoms with Crippen molar-refractivity contribution in [2.45, 2.75) is 29.2 Å². The highest BCUT2D eigenvalue weighted by molar-refractivity contribution is 8.14. The summed E-state index contributed by atoms with van der Waals surface area (Å²) in [5, 5.41) is 10.2. The molecule has 0 fully saturated rings. The van der Waals surface area contributed by atoms with Crippen LogP contribution in [-0.4, -0.2) is 15.8 Å². The maximum absolute atomic E-state index is 12.2. The predicted molar refractivity (Wildman–Crippen MR) is 94.0 cm³/mol. The van der Waals surface area contributed by atoms with Gasteiger partial charge in [0.15, 0.2) is 0 Å². The minimum Gasteiger partial charge on any atom is -0.385 e. The van der Waals surface area contributed by atoms with E-state index in [1.54, 1.807) is 13.8 Å². The van der Waals surface area contributed by atoms with E-state index in [9.17, 15) is 9.90 Å². The van der Waals surface area contributed by atoms with Gasteiger partial charge in [-0.05, 0) is 49.9 Å². The molecule has 0 aliphatic rings. The molecule has 4 heteroatoms. The standard InChI is InChI=1S/C18H18O2S2/c1-18(2,20)16(21-14-9-5-3-6-10-14)13-17(19)22-15-11-7-4-8-12-15/h3-13,20H,1-2H3/b16-13-. The van der Waals surface area contributed by atoms with Crippen LogP contribution in [0, 0.1) is 0 Å². The van der Waals surface area contributed by atoms with E-state index in [0.717, 1.165) is 21.6 Å². The van der Waals surface area contributed by atoms with Crippen LogP contribution in [0.15, 0.2) is 81.4 Å². The average molecular weight is 330 g/mol. The van der Waals surface area contributed by atoms with E-state index in [2.05, 4.69) is 0 Å². The van der Waals surface area contributed by atoms with Gasteiger partial charge in [-0.1, -0.05) is 48.2 Å². The van der Waals surface area contributed by atoms with Crippen molar-refractivity contribution >= 4 is 28.6 Å². The van der Waals surface area contributed by atoms with Crippen LogP contribution in [0.2, 0.25) is 0 Å². The molecule has 0 aliphatic carbocycles. The first-order chi connectivity index (χ1) is 10.4. The summed E-state index contributed by atoms with van der Waals surface area (Å²) in [6.45, 7) is 3.38. The molecule has 0 saturated carbocycles. The second kappa shape index (κ2) is 7.68. The molecular formula is C18H18O2S2. The van der Waals surface area contributed by atoms with E-state index in [4.69, 9.17) is 0 Å². The fraction of sp³-hybridized carbons (Fsp3) is 0.167. The third kappa shape index (κ3) is 5.37. The SMILES string of the molecule is CC(C)(O)/C(=C/C(=O)Sc1ccccc1)Sc1ccccc1. The molecule has 2 rings (SSSR count). The van der Waals surface area contributed by atoms with E-state index in [-0.39, 0.29) is 5.12 Å². The third-order valence-electron chi connectivity index (χ3n) is 2.78. The minimum absolute atomic E-state index is 0.0910. The molecule has 0 amide bonds. The summed E-state index contributed by atoms with van der Waals surface area (Å²) in [4.78, 5) is 14.7. The zero-order valence-corrected chi connectivity index (χ0v) is 14.2. The number of benzene rings is 2. The number of carbonyl (C=O) groups is 1. The topological polar surface area (TPSA) is 37.3 Å². The molecule has 0 spiro atoms. The Balaban J connectivity index is 2.16. The average Bonchev–Trinajstić information content (AvgIpc) is 2.48. The Morgan fingerprint density at radius 1 is 0.909 bits per heavy atom. The molecule has 0 heterocycles. The van der Waals surface area contributed by atoms with Gasteiger partial charge >= 0.3 is 0 Å². The Hall–Kier alpha value is -1.49. The molecule has 2 aromatic carbocycles. The molecule has 1 N–H and O–H groups in total. The quantitative estimate of drug-likeness (QED) is 0.634. The fourth-order valence-electron chi connectivity index (χ4n) is 1.69. The van der Waals surface area contributed by atoms with Gasteiger partial charge in [0.1, 0.15) is 0 Å². The number of carbonyl (C=O) groups excluding carboxylic acids is 1. The first-order valence-electron chi connectivity index (χ1n) is 6.89. The second-order valence-corrected chi connectivity index (χ2v) is 7.41. The van der Waals surface area contributed by atoms with Gasteiger partial charge in [0.25, 0.3) is 0 Å². The van der Waals surface area contributed by atoms with Crippen molar-refractivity contribution in [3.05, 3.63) is 71.6 Å². The van der Waals surface area contributed by atoms with Crippen molar-refractivity contribution in [1.29, 1.82) is 0 Å². The lowest BCUT2D eigenvalue weighted by atomic mass is 10.1. The molecule has 0 saturated heterocycles. The normalized spacial score (nSPS) is 12.2. The lowest BCUT2D eigenvalue weighted by Crippen LogP contribution is -2.20. The molecule has 22 heavy (non-hydrogen) atoms. The lowest BCUT2D eigenvalue weighted by molar-refractivity contribution is -0.107. The molecule has 0 aromatic heterocycles. The van der Waals surface area contributed by atoms with Gasteiger partial charge in [-0.25, -0.2) is 0 Å². The van der Waals surface area contributed by atoms with Crippen LogP contribution in [0.5, 0.6) is 0 Å². The van der Waals surface area contributed by atoms with E-state index in [0.29, 0.717) is 4.91 Å². The lowest BCUT2D eigenvalue weighted by Gasteiger charge is -2.21. The molecule has 114 valence electrons. The first-order valence-corrected chi connectivity index (χ1v) is 8.53. The van der Waals surface area contributed by atoms with Crippen LogP contribution in [-0.2, 0) is 4.79 Å². The van der Waals surface area contributed by atoms with Crippen LogP contribution in [0.3, 0.4) is 0 Å². The summed E-state index contributed by atoms with van der Waals surface area (Å²) >= 11 is 2.57. The largest absolute Gasteiger partial charge is 0.385 e. The summed E-state index contributed by atoms with van der Waals surface area (Å²) in [7, 11) is 0. The number of hydrogen-bond acceptors (Lipinski definition) is 4. The van der Waals surface area contributed by atoms with E-state index >= 15 is 0 Å². The van der Waals surface area contributed by atoms with Crippen LogP contribution >= 0.6 is 23.5 Å². The van der Waals surface area contributed by atoms with Gasteiger partial charge in [-0.2, -0.15) is 0 Å². The van der Waals surface area contributed by atoms with Gasteiger partial charge in [-0.15, -0.1) is 0 Å².